The average molecular weight is 609 g/mol. The van der Waals surface area contributed by atoms with Crippen LogP contribution in [0.15, 0.2) is 55.2 Å². The maximum Gasteiger partial charge on any atom is 0.222 e. The monoisotopic (exact) mass is 608 g/mol. The number of nitrogens with two attached hydrogens (primary N) is 2. The van der Waals surface area contributed by atoms with Crippen LogP contribution in [0, 0.1) is 28.8 Å². The van der Waals surface area contributed by atoms with Crippen LogP contribution in [0.25, 0.3) is 27.9 Å². The molecule has 0 saturated heterocycles. The van der Waals surface area contributed by atoms with Gasteiger partial charge in [-0.25, -0.2) is 9.37 Å². The highest BCUT2D eigenvalue weighted by Gasteiger charge is 2.45. The largest absolute Gasteiger partial charge is 0.618 e. The molecule has 43 heavy (non-hydrogen) atoms. The lowest BCUT2D eigenvalue weighted by Gasteiger charge is -2.20. The minimum atomic E-state index is -0.810. The number of pyridine rings is 2. The Bertz CT molecular complexity index is 1850. The van der Waals surface area contributed by atoms with Gasteiger partial charge in [0.05, 0.1) is 41.2 Å². The molecule has 4 N–H and O–H groups in total. The lowest BCUT2D eigenvalue weighted by molar-refractivity contribution is -0.615. The van der Waals surface area contributed by atoms with E-state index in [4.69, 9.17) is 27.8 Å². The second-order valence-corrected chi connectivity index (χ2v) is 10.5. The summed E-state index contributed by atoms with van der Waals surface area (Å²) in [5, 5.41) is 29.0. The highest BCUT2D eigenvalue weighted by atomic mass is 35.5. The van der Waals surface area contributed by atoms with Crippen molar-refractivity contribution in [2.24, 2.45) is 17.6 Å². The molecule has 4 heterocycles. The standard InChI is InChI=1S/C27H23ClF2N10O3/c1-43-22-8-21(40(42)11-17(22)24-19(39-12-33-36-37-39)4-3-18(28)25(24)29)20(7-13-6-16(13)27(32)41)38-10-14(9-34-38)15-2-5-23(31)35-26(15)30/h2-5,8-13,16,20H,6-7H2,1H3,(H2,31,35)(H2,32,41). The number of amides is 1. The molecular formula is C27H23ClF2N10O3. The third-order valence-electron chi connectivity index (χ3n) is 7.46. The topological polar surface area (TPSA) is 180 Å². The molecule has 4 aromatic heterocycles. The minimum absolute atomic E-state index is 0.0247. The first-order valence-corrected chi connectivity index (χ1v) is 13.3. The number of methoxy groups -OCH3 is 1. The number of nitrogen functional groups attached to an aromatic ring is 1. The number of carbonyl (C=O) groups is 1. The summed E-state index contributed by atoms with van der Waals surface area (Å²) in [6.07, 6.45) is 6.29. The Kier molecular flexibility index (Phi) is 7.09. The van der Waals surface area contributed by atoms with Gasteiger partial charge in [-0.2, -0.15) is 18.9 Å². The van der Waals surface area contributed by atoms with E-state index in [1.165, 1.54) is 59.3 Å². The number of hydrogen-bond donors (Lipinski definition) is 2. The normalized spacial score (nSPS) is 16.7. The van der Waals surface area contributed by atoms with Gasteiger partial charge in [0.25, 0.3) is 0 Å². The van der Waals surface area contributed by atoms with Crippen molar-refractivity contribution in [3.05, 3.63) is 82.9 Å². The van der Waals surface area contributed by atoms with Crippen molar-refractivity contribution in [1.29, 1.82) is 0 Å². The summed E-state index contributed by atoms with van der Waals surface area (Å²) in [6, 6.07) is 6.52. The zero-order valence-electron chi connectivity index (χ0n) is 22.4. The van der Waals surface area contributed by atoms with Gasteiger partial charge in [-0.3, -0.25) is 9.48 Å². The molecule has 0 spiro atoms. The van der Waals surface area contributed by atoms with Crippen LogP contribution in [0.4, 0.5) is 14.6 Å². The van der Waals surface area contributed by atoms with Crippen molar-refractivity contribution in [2.75, 3.05) is 12.8 Å². The summed E-state index contributed by atoms with van der Waals surface area (Å²) in [5.74, 6) is -2.32. The second-order valence-electron chi connectivity index (χ2n) is 10.1. The van der Waals surface area contributed by atoms with Crippen LogP contribution in [-0.4, -0.2) is 48.0 Å². The van der Waals surface area contributed by atoms with E-state index >= 15 is 4.39 Å². The zero-order valence-corrected chi connectivity index (χ0v) is 23.2. The third-order valence-corrected chi connectivity index (χ3v) is 7.75. The molecule has 1 aliphatic carbocycles. The van der Waals surface area contributed by atoms with E-state index in [1.807, 2.05) is 0 Å². The smallest absolute Gasteiger partial charge is 0.222 e. The van der Waals surface area contributed by atoms with E-state index in [2.05, 4.69) is 25.6 Å². The summed E-state index contributed by atoms with van der Waals surface area (Å²) in [6.45, 7) is 0. The number of nitrogens with zero attached hydrogens (tertiary/aromatic N) is 8. The highest BCUT2D eigenvalue weighted by Crippen LogP contribution is 2.46. The Labute approximate surface area is 247 Å². The zero-order chi connectivity index (χ0) is 30.4. The number of aromatic nitrogens is 8. The number of tetrazole rings is 1. The van der Waals surface area contributed by atoms with Gasteiger partial charge in [0, 0.05) is 23.2 Å². The molecule has 0 bridgehead atoms. The number of halogens is 3. The van der Waals surface area contributed by atoms with Crippen LogP contribution in [0.2, 0.25) is 5.02 Å². The minimum Gasteiger partial charge on any atom is -0.618 e. The fourth-order valence-electron chi connectivity index (χ4n) is 5.21. The molecule has 0 radical (unpaired) electrons. The molecule has 220 valence electrons. The quantitative estimate of drug-likeness (QED) is 0.144. The van der Waals surface area contributed by atoms with Crippen LogP contribution >= 0.6 is 11.6 Å². The molecule has 0 aliphatic heterocycles. The molecule has 3 unspecified atom stereocenters. The van der Waals surface area contributed by atoms with E-state index < -0.39 is 23.7 Å². The summed E-state index contributed by atoms with van der Waals surface area (Å²) in [7, 11) is 1.37. The molecule has 13 nitrogen and oxygen atoms in total. The molecule has 16 heteroatoms. The number of benzene rings is 1. The van der Waals surface area contributed by atoms with Gasteiger partial charge < -0.3 is 21.4 Å². The SMILES string of the molecule is COc1cc(C(CC2CC2C(N)=O)n2cc(-c3ccc(N)nc3F)cn2)[n+]([O-])cc1-c1c(-n2cnnn2)ccc(Cl)c1F. The van der Waals surface area contributed by atoms with Gasteiger partial charge in [-0.05, 0) is 53.5 Å². The number of anilines is 1. The number of carbonyl (C=O) groups excluding carboxylic acids is 1. The Morgan fingerprint density at radius 3 is 2.77 bits per heavy atom. The van der Waals surface area contributed by atoms with Crippen LogP contribution in [0.3, 0.4) is 0 Å². The van der Waals surface area contributed by atoms with Crippen LogP contribution in [0.1, 0.15) is 24.6 Å². The van der Waals surface area contributed by atoms with Gasteiger partial charge in [0.15, 0.2) is 12.0 Å². The molecule has 6 rings (SSSR count). The molecule has 1 aliphatic rings. The maximum absolute atomic E-state index is 15.6. The maximum atomic E-state index is 15.6. The van der Waals surface area contributed by atoms with Crippen molar-refractivity contribution in [2.45, 2.75) is 18.9 Å². The predicted molar refractivity (Wildman–Crippen MR) is 148 cm³/mol. The van der Waals surface area contributed by atoms with Gasteiger partial charge in [-0.1, -0.05) is 11.6 Å². The van der Waals surface area contributed by atoms with Crippen LogP contribution < -0.4 is 20.9 Å². The molecule has 1 aromatic carbocycles. The molecule has 5 aromatic rings. The fourth-order valence-corrected chi connectivity index (χ4v) is 5.37. The van der Waals surface area contributed by atoms with Crippen molar-refractivity contribution in [1.82, 2.24) is 35.0 Å². The van der Waals surface area contributed by atoms with Crippen molar-refractivity contribution < 1.29 is 23.0 Å². The number of ether oxygens (including phenoxy) is 1. The van der Waals surface area contributed by atoms with Crippen molar-refractivity contribution in [3.63, 3.8) is 0 Å². The van der Waals surface area contributed by atoms with Crippen molar-refractivity contribution in [3.8, 4) is 33.7 Å². The summed E-state index contributed by atoms with van der Waals surface area (Å²) in [5.41, 5.74) is 12.1. The molecule has 1 saturated carbocycles. The van der Waals surface area contributed by atoms with Gasteiger partial charge >= 0.3 is 0 Å². The predicted octanol–water partition coefficient (Wildman–Crippen LogP) is 2.84. The van der Waals surface area contributed by atoms with Gasteiger partial charge in [0.1, 0.15) is 23.9 Å². The summed E-state index contributed by atoms with van der Waals surface area (Å²) in [4.78, 5) is 15.5. The lowest BCUT2D eigenvalue weighted by atomic mass is 10.00. The number of primary amides is 1. The Balaban J connectivity index is 1.47. The van der Waals surface area contributed by atoms with E-state index in [0.29, 0.717) is 23.1 Å². The lowest BCUT2D eigenvalue weighted by Crippen LogP contribution is -2.36. The average Bonchev–Trinajstić information content (AvgIpc) is 3.31. The van der Waals surface area contributed by atoms with Crippen molar-refractivity contribution >= 4 is 23.3 Å². The van der Waals surface area contributed by atoms with E-state index in [1.54, 1.807) is 6.20 Å². The summed E-state index contributed by atoms with van der Waals surface area (Å²) < 4.78 is 39.1. The molecular weight excluding hydrogens is 586 g/mol. The Morgan fingerprint density at radius 2 is 2.09 bits per heavy atom. The number of hydrogen-bond acceptors (Lipinski definition) is 9. The van der Waals surface area contributed by atoms with Gasteiger partial charge in [0.2, 0.25) is 17.5 Å². The first kappa shape index (κ1) is 28.0. The van der Waals surface area contributed by atoms with E-state index in [-0.39, 0.29) is 56.5 Å². The van der Waals surface area contributed by atoms with E-state index in [9.17, 15) is 14.4 Å². The molecule has 1 amide bonds. The van der Waals surface area contributed by atoms with E-state index in [0.717, 1.165) is 6.20 Å². The van der Waals surface area contributed by atoms with Crippen LogP contribution in [-0.2, 0) is 4.79 Å². The third kappa shape index (κ3) is 5.18. The van der Waals surface area contributed by atoms with Gasteiger partial charge in [-0.15, -0.1) is 5.10 Å². The summed E-state index contributed by atoms with van der Waals surface area (Å²) >= 11 is 6.12. The molecule has 1 fully saturated rings. The van der Waals surface area contributed by atoms with Crippen LogP contribution in [0.5, 0.6) is 5.75 Å². The molecule has 3 atom stereocenters. The Morgan fingerprint density at radius 1 is 1.28 bits per heavy atom. The highest BCUT2D eigenvalue weighted by molar-refractivity contribution is 6.31. The first-order chi connectivity index (χ1) is 20.7. The number of rotatable bonds is 9. The first-order valence-electron chi connectivity index (χ1n) is 12.9. The fraction of sp³-hybridized carbons (Fsp3) is 0.222. The Hall–Kier alpha value is -5.18. The second kappa shape index (κ2) is 10.9.